The van der Waals surface area contributed by atoms with Gasteiger partial charge in [0, 0.05) is 11.4 Å². The number of aliphatic hydroxyl groups is 1. The van der Waals surface area contributed by atoms with Crippen molar-refractivity contribution in [1.29, 1.82) is 0 Å². The summed E-state index contributed by atoms with van der Waals surface area (Å²) in [5.74, 6) is -0.136. The molecule has 19 heavy (non-hydrogen) atoms. The van der Waals surface area contributed by atoms with E-state index < -0.39 is 12.1 Å². The highest BCUT2D eigenvalue weighted by molar-refractivity contribution is 6.30. The topological polar surface area (TPSA) is 55.8 Å². The molecule has 0 aromatic heterocycles. The van der Waals surface area contributed by atoms with Gasteiger partial charge in [0.2, 0.25) is 0 Å². The number of hydrogen-bond donors (Lipinski definition) is 1. The minimum atomic E-state index is -0.791. The first-order chi connectivity index (χ1) is 9.06. The molecule has 1 unspecified atom stereocenters. The molecule has 0 aliphatic heterocycles. The Hall–Kier alpha value is -1.52. The summed E-state index contributed by atoms with van der Waals surface area (Å²) >= 11 is 5.86. The van der Waals surface area contributed by atoms with Crippen LogP contribution in [0.1, 0.15) is 25.0 Å². The highest BCUT2D eigenvalue weighted by Gasteiger charge is 2.13. The standard InChI is InChI=1S/C14H17ClO4/c1-3-19-12(9-14(17)18-2)8-13(16)10-5-4-6-11(15)7-10/h4-7,9,13,16H,3,8H2,1-2H3/b12-9-. The van der Waals surface area contributed by atoms with Crippen LogP contribution in [0.2, 0.25) is 5.02 Å². The van der Waals surface area contributed by atoms with Crippen molar-refractivity contribution in [1.82, 2.24) is 0 Å². The molecule has 1 aromatic carbocycles. The molecular formula is C14H17ClO4. The average Bonchev–Trinajstić information content (AvgIpc) is 2.38. The Morgan fingerprint density at radius 3 is 2.84 bits per heavy atom. The van der Waals surface area contributed by atoms with Crippen LogP contribution in [0.5, 0.6) is 0 Å². The second-order valence-corrected chi connectivity index (χ2v) is 4.28. The number of ether oxygens (including phenoxy) is 2. The van der Waals surface area contributed by atoms with Gasteiger partial charge in [0.15, 0.2) is 0 Å². The van der Waals surface area contributed by atoms with E-state index in [2.05, 4.69) is 4.74 Å². The summed E-state index contributed by atoms with van der Waals surface area (Å²) in [4.78, 5) is 11.2. The summed E-state index contributed by atoms with van der Waals surface area (Å²) < 4.78 is 9.84. The summed E-state index contributed by atoms with van der Waals surface area (Å²) in [7, 11) is 1.29. The Morgan fingerprint density at radius 2 is 2.26 bits per heavy atom. The Balaban J connectivity index is 2.79. The maximum Gasteiger partial charge on any atom is 0.333 e. The van der Waals surface area contributed by atoms with E-state index in [1.165, 1.54) is 13.2 Å². The van der Waals surface area contributed by atoms with Gasteiger partial charge in [-0.15, -0.1) is 0 Å². The van der Waals surface area contributed by atoms with E-state index in [0.29, 0.717) is 23.0 Å². The van der Waals surface area contributed by atoms with Crippen LogP contribution in [-0.2, 0) is 14.3 Å². The van der Waals surface area contributed by atoms with Gasteiger partial charge in [-0.2, -0.15) is 0 Å². The molecule has 0 aliphatic carbocycles. The molecular weight excluding hydrogens is 268 g/mol. The summed E-state index contributed by atoms with van der Waals surface area (Å²) in [6.07, 6.45) is 0.627. The maximum absolute atomic E-state index is 11.2. The molecule has 5 heteroatoms. The molecule has 0 amide bonds. The first-order valence-corrected chi connectivity index (χ1v) is 6.29. The number of esters is 1. The molecule has 1 rings (SSSR count). The number of hydrogen-bond acceptors (Lipinski definition) is 4. The molecule has 0 saturated carbocycles. The maximum atomic E-state index is 11.2. The van der Waals surface area contributed by atoms with E-state index in [1.54, 1.807) is 31.2 Å². The van der Waals surface area contributed by atoms with E-state index in [4.69, 9.17) is 16.3 Å². The summed E-state index contributed by atoms with van der Waals surface area (Å²) in [5, 5.41) is 10.6. The average molecular weight is 285 g/mol. The molecule has 0 radical (unpaired) electrons. The van der Waals surface area contributed by atoms with Gasteiger partial charge in [0.1, 0.15) is 5.76 Å². The molecule has 0 heterocycles. The van der Waals surface area contributed by atoms with E-state index >= 15 is 0 Å². The van der Waals surface area contributed by atoms with Gasteiger partial charge < -0.3 is 14.6 Å². The van der Waals surface area contributed by atoms with Crippen molar-refractivity contribution in [3.63, 3.8) is 0 Å². The van der Waals surface area contributed by atoms with Gasteiger partial charge in [-0.25, -0.2) is 4.79 Å². The van der Waals surface area contributed by atoms with Crippen LogP contribution in [0.3, 0.4) is 0 Å². The largest absolute Gasteiger partial charge is 0.498 e. The van der Waals surface area contributed by atoms with Crippen molar-refractivity contribution < 1.29 is 19.4 Å². The fourth-order valence-electron chi connectivity index (χ4n) is 1.56. The van der Waals surface area contributed by atoms with Gasteiger partial charge >= 0.3 is 5.97 Å². The van der Waals surface area contributed by atoms with Gasteiger partial charge in [0.05, 0.1) is 25.9 Å². The highest BCUT2D eigenvalue weighted by atomic mass is 35.5. The van der Waals surface area contributed by atoms with Crippen molar-refractivity contribution in [3.05, 3.63) is 46.7 Å². The Bertz CT molecular complexity index is 457. The lowest BCUT2D eigenvalue weighted by Gasteiger charge is -2.14. The van der Waals surface area contributed by atoms with Crippen LogP contribution in [0, 0.1) is 0 Å². The number of carbonyl (C=O) groups excluding carboxylic acids is 1. The molecule has 0 bridgehead atoms. The minimum absolute atomic E-state index is 0.184. The summed E-state index contributed by atoms with van der Waals surface area (Å²) in [6.45, 7) is 2.21. The Labute approximate surface area is 117 Å². The highest BCUT2D eigenvalue weighted by Crippen LogP contribution is 2.24. The van der Waals surface area contributed by atoms with E-state index in [1.807, 2.05) is 0 Å². The molecule has 1 atom stereocenters. The zero-order valence-corrected chi connectivity index (χ0v) is 11.7. The molecule has 0 aliphatic rings. The predicted octanol–water partition coefficient (Wildman–Crippen LogP) is 2.86. The number of aliphatic hydroxyl groups excluding tert-OH is 1. The molecule has 0 saturated heterocycles. The number of carbonyl (C=O) groups is 1. The van der Waals surface area contributed by atoms with Crippen molar-refractivity contribution in [2.75, 3.05) is 13.7 Å². The number of rotatable bonds is 6. The summed E-state index contributed by atoms with van der Waals surface area (Å²) in [6, 6.07) is 6.92. The van der Waals surface area contributed by atoms with Crippen molar-refractivity contribution >= 4 is 17.6 Å². The molecule has 1 aromatic rings. The van der Waals surface area contributed by atoms with Crippen LogP contribution in [0.25, 0.3) is 0 Å². The van der Waals surface area contributed by atoms with E-state index in [0.717, 1.165) is 0 Å². The van der Waals surface area contributed by atoms with E-state index in [9.17, 15) is 9.90 Å². The SMILES string of the molecule is CCO/C(=C\C(=O)OC)CC(O)c1cccc(Cl)c1. The Kier molecular flexibility index (Phi) is 6.39. The fraction of sp³-hybridized carbons (Fsp3) is 0.357. The van der Waals surface area contributed by atoms with Crippen molar-refractivity contribution in [3.8, 4) is 0 Å². The molecule has 104 valence electrons. The zero-order chi connectivity index (χ0) is 14.3. The van der Waals surface area contributed by atoms with Gasteiger partial charge in [-0.1, -0.05) is 23.7 Å². The third-order valence-electron chi connectivity index (χ3n) is 2.44. The van der Waals surface area contributed by atoms with Gasteiger partial charge in [-0.3, -0.25) is 0 Å². The Morgan fingerprint density at radius 1 is 1.53 bits per heavy atom. The molecule has 4 nitrogen and oxygen atoms in total. The van der Waals surface area contributed by atoms with Crippen molar-refractivity contribution in [2.45, 2.75) is 19.4 Å². The van der Waals surface area contributed by atoms with Crippen LogP contribution in [-0.4, -0.2) is 24.8 Å². The number of halogens is 1. The summed E-state index contributed by atoms with van der Waals surface area (Å²) in [5.41, 5.74) is 0.669. The molecule has 0 spiro atoms. The van der Waals surface area contributed by atoms with Gasteiger partial charge in [0.25, 0.3) is 0 Å². The second kappa shape index (κ2) is 7.81. The van der Waals surface area contributed by atoms with Gasteiger partial charge in [-0.05, 0) is 24.6 Å². The normalized spacial score (nSPS) is 12.9. The molecule has 0 fully saturated rings. The third kappa shape index (κ3) is 5.32. The lowest BCUT2D eigenvalue weighted by Crippen LogP contribution is -2.05. The van der Waals surface area contributed by atoms with Crippen LogP contribution in [0.4, 0.5) is 0 Å². The second-order valence-electron chi connectivity index (χ2n) is 3.84. The number of methoxy groups -OCH3 is 1. The minimum Gasteiger partial charge on any atom is -0.498 e. The van der Waals surface area contributed by atoms with Crippen LogP contribution < -0.4 is 0 Å². The van der Waals surface area contributed by atoms with E-state index in [-0.39, 0.29) is 6.42 Å². The lowest BCUT2D eigenvalue weighted by atomic mass is 10.1. The lowest BCUT2D eigenvalue weighted by molar-refractivity contribution is -0.135. The van der Waals surface area contributed by atoms with Crippen LogP contribution in [0.15, 0.2) is 36.1 Å². The quantitative estimate of drug-likeness (QED) is 0.496. The smallest absolute Gasteiger partial charge is 0.333 e. The fourth-order valence-corrected chi connectivity index (χ4v) is 1.76. The number of benzene rings is 1. The first kappa shape index (κ1) is 15.5. The van der Waals surface area contributed by atoms with Crippen LogP contribution >= 0.6 is 11.6 Å². The zero-order valence-electron chi connectivity index (χ0n) is 10.9. The predicted molar refractivity (Wildman–Crippen MR) is 72.8 cm³/mol. The monoisotopic (exact) mass is 284 g/mol. The molecule has 1 N–H and O–H groups in total. The van der Waals surface area contributed by atoms with Crippen molar-refractivity contribution in [2.24, 2.45) is 0 Å². The third-order valence-corrected chi connectivity index (χ3v) is 2.67. The first-order valence-electron chi connectivity index (χ1n) is 5.91.